The van der Waals surface area contributed by atoms with Crippen molar-refractivity contribution in [3.63, 3.8) is 0 Å². The second-order valence-corrected chi connectivity index (χ2v) is 8.89. The van der Waals surface area contributed by atoms with E-state index in [-0.39, 0.29) is 11.6 Å². The Bertz CT molecular complexity index is 746. The van der Waals surface area contributed by atoms with Crippen molar-refractivity contribution in [2.75, 3.05) is 44.2 Å². The fraction of sp³-hybridized carbons (Fsp3) is 0.682. The highest BCUT2D eigenvalue weighted by atomic mass is 16.6. The molecule has 7 heteroatoms. The van der Waals surface area contributed by atoms with Gasteiger partial charge in [-0.15, -0.1) is 0 Å². The second kappa shape index (κ2) is 8.69. The Kier molecular flexibility index (Phi) is 6.04. The number of nitro groups is 1. The lowest BCUT2D eigenvalue weighted by atomic mass is 9.97. The molecule has 0 spiro atoms. The fourth-order valence-corrected chi connectivity index (χ4v) is 5.05. The van der Waals surface area contributed by atoms with Crippen molar-refractivity contribution in [3.8, 4) is 0 Å². The van der Waals surface area contributed by atoms with Crippen molar-refractivity contribution in [1.82, 2.24) is 9.80 Å². The van der Waals surface area contributed by atoms with Crippen LogP contribution in [0.25, 0.3) is 0 Å². The third-order valence-corrected chi connectivity index (χ3v) is 6.95. The molecule has 29 heavy (non-hydrogen) atoms. The van der Waals surface area contributed by atoms with Gasteiger partial charge in [-0.2, -0.15) is 0 Å². The van der Waals surface area contributed by atoms with E-state index in [9.17, 15) is 14.9 Å². The van der Waals surface area contributed by atoms with Gasteiger partial charge in [-0.05, 0) is 63.6 Å². The van der Waals surface area contributed by atoms with Crippen molar-refractivity contribution >= 4 is 17.3 Å². The predicted octanol–water partition coefficient (Wildman–Crippen LogP) is 3.53. The van der Waals surface area contributed by atoms with E-state index in [4.69, 9.17) is 0 Å². The lowest BCUT2D eigenvalue weighted by Crippen LogP contribution is -2.46. The number of carbonyl (C=O) groups excluding carboxylic acids is 1. The third kappa shape index (κ3) is 4.39. The van der Waals surface area contributed by atoms with Gasteiger partial charge in [0.05, 0.1) is 16.2 Å². The van der Waals surface area contributed by atoms with Crippen LogP contribution in [-0.2, 0) is 0 Å². The summed E-state index contributed by atoms with van der Waals surface area (Å²) in [6.07, 6.45) is 6.74. The number of hydrogen-bond donors (Lipinski definition) is 0. The molecule has 1 aromatic rings. The van der Waals surface area contributed by atoms with Crippen LogP contribution in [-0.4, -0.2) is 65.9 Å². The molecule has 3 saturated heterocycles. The predicted molar refractivity (Wildman–Crippen MR) is 113 cm³/mol. The van der Waals surface area contributed by atoms with Crippen molar-refractivity contribution in [2.45, 2.75) is 51.5 Å². The molecule has 3 heterocycles. The summed E-state index contributed by atoms with van der Waals surface area (Å²) in [6, 6.07) is 5.37. The first-order valence-corrected chi connectivity index (χ1v) is 11.1. The number of nitrogens with zero attached hydrogens (tertiary/aromatic N) is 4. The summed E-state index contributed by atoms with van der Waals surface area (Å²) >= 11 is 0. The molecule has 3 aliphatic heterocycles. The number of benzene rings is 1. The quantitative estimate of drug-likeness (QED) is 0.571. The van der Waals surface area contributed by atoms with Crippen molar-refractivity contribution in [3.05, 3.63) is 33.9 Å². The monoisotopic (exact) mass is 400 g/mol. The first-order valence-electron chi connectivity index (χ1n) is 11.1. The maximum atomic E-state index is 13.4. The van der Waals surface area contributed by atoms with E-state index in [0.29, 0.717) is 17.5 Å². The van der Waals surface area contributed by atoms with Crippen LogP contribution in [0.1, 0.15) is 55.8 Å². The number of hydrogen-bond acceptors (Lipinski definition) is 5. The molecule has 4 rings (SSSR count). The molecule has 0 N–H and O–H groups in total. The lowest BCUT2D eigenvalue weighted by molar-refractivity contribution is -0.384. The Hall–Kier alpha value is -2.15. The topological polar surface area (TPSA) is 69.9 Å². The van der Waals surface area contributed by atoms with E-state index < -0.39 is 4.92 Å². The standard InChI is InChI=1S/C22H32N4O3/c1-17-6-12-24(13-7-17)21-5-4-19(26(28)29)16-20(21)22(27)25-14-8-18(9-15-25)23-10-2-3-11-23/h4-5,16-18H,2-3,6-15H2,1H3. The normalized spacial score (nSPS) is 22.2. The number of piperidine rings is 2. The molecule has 0 aromatic heterocycles. The molecule has 0 unspecified atom stereocenters. The van der Waals surface area contributed by atoms with E-state index in [1.807, 2.05) is 4.90 Å². The van der Waals surface area contributed by atoms with Crippen LogP contribution < -0.4 is 4.90 Å². The van der Waals surface area contributed by atoms with E-state index in [2.05, 4.69) is 16.7 Å². The van der Waals surface area contributed by atoms with Gasteiger partial charge in [-0.25, -0.2) is 0 Å². The molecule has 0 atom stereocenters. The maximum absolute atomic E-state index is 13.4. The number of rotatable bonds is 4. The highest BCUT2D eigenvalue weighted by molar-refractivity contribution is 6.00. The summed E-state index contributed by atoms with van der Waals surface area (Å²) in [5.74, 6) is 0.634. The van der Waals surface area contributed by atoms with Crippen LogP contribution in [0.5, 0.6) is 0 Å². The fourth-order valence-electron chi connectivity index (χ4n) is 5.05. The Labute approximate surface area is 172 Å². The molecular weight excluding hydrogens is 368 g/mol. The number of likely N-dealkylation sites (tertiary alicyclic amines) is 2. The minimum absolute atomic E-state index is 0.00516. The first-order chi connectivity index (χ1) is 14.0. The lowest BCUT2D eigenvalue weighted by Gasteiger charge is -2.38. The molecule has 1 amide bonds. The summed E-state index contributed by atoms with van der Waals surface area (Å²) in [5.41, 5.74) is 1.34. The Balaban J connectivity index is 1.51. The number of nitro benzene ring substituents is 1. The van der Waals surface area contributed by atoms with Gasteiger partial charge in [0.2, 0.25) is 0 Å². The molecule has 0 saturated carbocycles. The van der Waals surface area contributed by atoms with Gasteiger partial charge < -0.3 is 14.7 Å². The van der Waals surface area contributed by atoms with Gasteiger partial charge in [-0.3, -0.25) is 14.9 Å². The van der Waals surface area contributed by atoms with Gasteiger partial charge in [0.25, 0.3) is 11.6 Å². The molecule has 0 bridgehead atoms. The Morgan fingerprint density at radius 3 is 2.28 bits per heavy atom. The Morgan fingerprint density at radius 1 is 1.00 bits per heavy atom. The highest BCUT2D eigenvalue weighted by Gasteiger charge is 2.31. The van der Waals surface area contributed by atoms with Gasteiger partial charge in [-0.1, -0.05) is 6.92 Å². The summed E-state index contributed by atoms with van der Waals surface area (Å²) in [5, 5.41) is 11.3. The van der Waals surface area contributed by atoms with Crippen LogP contribution in [0.15, 0.2) is 18.2 Å². The molecule has 0 radical (unpaired) electrons. The average molecular weight is 401 g/mol. The molecule has 3 aliphatic rings. The smallest absolute Gasteiger partial charge is 0.270 e. The maximum Gasteiger partial charge on any atom is 0.270 e. The number of non-ortho nitro benzene ring substituents is 1. The van der Waals surface area contributed by atoms with Crippen LogP contribution in [0.3, 0.4) is 0 Å². The SMILES string of the molecule is CC1CCN(c2ccc([N+](=O)[O-])cc2C(=O)N2CCC(N3CCCC3)CC2)CC1. The van der Waals surface area contributed by atoms with E-state index in [1.54, 1.807) is 6.07 Å². The van der Waals surface area contributed by atoms with Crippen LogP contribution in [0.2, 0.25) is 0 Å². The zero-order chi connectivity index (χ0) is 20.4. The summed E-state index contributed by atoms with van der Waals surface area (Å²) in [7, 11) is 0. The van der Waals surface area contributed by atoms with Crippen LogP contribution in [0.4, 0.5) is 11.4 Å². The van der Waals surface area contributed by atoms with Crippen molar-refractivity contribution in [1.29, 1.82) is 0 Å². The van der Waals surface area contributed by atoms with Gasteiger partial charge in [0.1, 0.15) is 0 Å². The zero-order valence-corrected chi connectivity index (χ0v) is 17.4. The summed E-state index contributed by atoms with van der Waals surface area (Å²) < 4.78 is 0. The summed E-state index contributed by atoms with van der Waals surface area (Å²) in [4.78, 5) is 31.0. The van der Waals surface area contributed by atoms with Gasteiger partial charge in [0.15, 0.2) is 0 Å². The largest absolute Gasteiger partial charge is 0.371 e. The Morgan fingerprint density at radius 2 is 1.66 bits per heavy atom. The van der Waals surface area contributed by atoms with Gasteiger partial charge in [0, 0.05) is 44.4 Å². The minimum Gasteiger partial charge on any atom is -0.371 e. The number of amides is 1. The first kappa shape index (κ1) is 20.1. The average Bonchev–Trinajstić information content (AvgIpc) is 3.28. The molecule has 1 aromatic carbocycles. The third-order valence-electron chi connectivity index (χ3n) is 6.95. The van der Waals surface area contributed by atoms with Crippen LogP contribution in [0, 0.1) is 16.0 Å². The second-order valence-electron chi connectivity index (χ2n) is 8.89. The van der Waals surface area contributed by atoms with E-state index >= 15 is 0 Å². The van der Waals surface area contributed by atoms with Crippen molar-refractivity contribution < 1.29 is 9.72 Å². The van der Waals surface area contributed by atoms with E-state index in [0.717, 1.165) is 57.5 Å². The minimum atomic E-state index is -0.404. The van der Waals surface area contributed by atoms with Gasteiger partial charge >= 0.3 is 0 Å². The number of carbonyl (C=O) groups is 1. The van der Waals surface area contributed by atoms with E-state index in [1.165, 1.54) is 38.1 Å². The molecule has 7 nitrogen and oxygen atoms in total. The zero-order valence-electron chi connectivity index (χ0n) is 17.4. The molecule has 158 valence electrons. The molecule has 0 aliphatic carbocycles. The molecular formula is C22H32N4O3. The summed E-state index contributed by atoms with van der Waals surface area (Å²) in [6.45, 7) is 7.89. The highest BCUT2D eigenvalue weighted by Crippen LogP contribution is 2.31. The van der Waals surface area contributed by atoms with Crippen molar-refractivity contribution in [2.24, 2.45) is 5.92 Å². The molecule has 3 fully saturated rings. The van der Waals surface area contributed by atoms with Crippen LogP contribution >= 0.6 is 0 Å². The number of anilines is 1.